The van der Waals surface area contributed by atoms with Gasteiger partial charge in [-0.05, 0) is 19.3 Å². The first-order chi connectivity index (χ1) is 8.04. The molecule has 1 amide bonds. The maximum absolute atomic E-state index is 11.7. The van der Waals surface area contributed by atoms with Crippen molar-refractivity contribution in [1.82, 2.24) is 14.5 Å². The maximum Gasteiger partial charge on any atom is 0.328 e. The second-order valence-electron chi connectivity index (χ2n) is 4.53. The molecule has 0 saturated heterocycles. The van der Waals surface area contributed by atoms with Crippen molar-refractivity contribution in [2.24, 2.45) is 5.92 Å². The molecule has 0 fully saturated rings. The summed E-state index contributed by atoms with van der Waals surface area (Å²) in [6, 6.07) is 0. The summed E-state index contributed by atoms with van der Waals surface area (Å²) in [5, 5.41) is 2.81. The van der Waals surface area contributed by atoms with Gasteiger partial charge in [0.25, 0.3) is 0 Å². The lowest BCUT2D eigenvalue weighted by Gasteiger charge is -2.07. The van der Waals surface area contributed by atoms with E-state index in [2.05, 4.69) is 19.2 Å². The summed E-state index contributed by atoms with van der Waals surface area (Å²) >= 11 is 0. The highest BCUT2D eigenvalue weighted by Crippen LogP contribution is 1.96. The number of nitrogens with zero attached hydrogens (tertiary/aromatic N) is 2. The standard InChI is InChI=1S/C12H21N3O2/c1-4-14-7-8-15(12(14)17)9-11(16)13-6-5-10(2)3/h7-8,10H,4-6,9H2,1-3H3,(H,13,16). The highest BCUT2D eigenvalue weighted by molar-refractivity contribution is 5.75. The van der Waals surface area contributed by atoms with Crippen molar-refractivity contribution in [3.63, 3.8) is 0 Å². The molecule has 1 aromatic heterocycles. The van der Waals surface area contributed by atoms with Gasteiger partial charge in [0.15, 0.2) is 0 Å². The minimum Gasteiger partial charge on any atom is -0.355 e. The summed E-state index contributed by atoms with van der Waals surface area (Å²) in [4.78, 5) is 23.2. The maximum atomic E-state index is 11.7. The largest absolute Gasteiger partial charge is 0.355 e. The second-order valence-corrected chi connectivity index (χ2v) is 4.53. The Bertz CT molecular complexity index is 418. The Morgan fingerprint density at radius 3 is 2.53 bits per heavy atom. The van der Waals surface area contributed by atoms with E-state index in [0.717, 1.165) is 6.42 Å². The molecule has 0 spiro atoms. The number of nitrogens with one attached hydrogen (secondary N) is 1. The highest BCUT2D eigenvalue weighted by atomic mass is 16.2. The zero-order valence-electron chi connectivity index (χ0n) is 10.8. The molecule has 17 heavy (non-hydrogen) atoms. The molecule has 0 aliphatic heterocycles. The molecular formula is C12H21N3O2. The van der Waals surface area contributed by atoms with Crippen molar-refractivity contribution in [3.05, 3.63) is 22.9 Å². The fraction of sp³-hybridized carbons (Fsp3) is 0.667. The molecule has 0 saturated carbocycles. The van der Waals surface area contributed by atoms with Gasteiger partial charge in [-0.2, -0.15) is 0 Å². The summed E-state index contributed by atoms with van der Waals surface area (Å²) in [5.74, 6) is 0.459. The van der Waals surface area contributed by atoms with E-state index in [1.54, 1.807) is 17.0 Å². The molecule has 0 aliphatic carbocycles. The first-order valence-corrected chi connectivity index (χ1v) is 6.06. The van der Waals surface area contributed by atoms with E-state index in [1.165, 1.54) is 4.57 Å². The number of aromatic nitrogens is 2. The average molecular weight is 239 g/mol. The fourth-order valence-corrected chi connectivity index (χ4v) is 1.53. The summed E-state index contributed by atoms with van der Waals surface area (Å²) in [6.07, 6.45) is 4.30. The van der Waals surface area contributed by atoms with Gasteiger partial charge in [0.05, 0.1) is 0 Å². The number of hydrogen-bond donors (Lipinski definition) is 1. The molecule has 1 aromatic rings. The Balaban J connectivity index is 2.45. The van der Waals surface area contributed by atoms with Crippen molar-refractivity contribution in [2.45, 2.75) is 40.3 Å². The predicted molar refractivity (Wildman–Crippen MR) is 66.8 cm³/mol. The molecule has 1 rings (SSSR count). The van der Waals surface area contributed by atoms with Crippen LogP contribution >= 0.6 is 0 Å². The van der Waals surface area contributed by atoms with Gasteiger partial charge in [-0.15, -0.1) is 0 Å². The summed E-state index contributed by atoms with van der Waals surface area (Å²) in [7, 11) is 0. The third kappa shape index (κ3) is 4.09. The molecule has 0 atom stereocenters. The molecule has 1 heterocycles. The van der Waals surface area contributed by atoms with Gasteiger partial charge in [0.1, 0.15) is 6.54 Å². The summed E-state index contributed by atoms with van der Waals surface area (Å²) in [6.45, 7) is 7.51. The van der Waals surface area contributed by atoms with Crippen molar-refractivity contribution in [1.29, 1.82) is 0 Å². The Labute approximate surface area is 101 Å². The third-order valence-corrected chi connectivity index (χ3v) is 2.62. The first kappa shape index (κ1) is 13.5. The van der Waals surface area contributed by atoms with Crippen LogP contribution in [-0.2, 0) is 17.9 Å². The number of carbonyl (C=O) groups is 1. The number of aryl methyl sites for hydroxylation is 1. The van der Waals surface area contributed by atoms with Crippen LogP contribution in [0.3, 0.4) is 0 Å². The van der Waals surface area contributed by atoms with E-state index >= 15 is 0 Å². The lowest BCUT2D eigenvalue weighted by Crippen LogP contribution is -2.33. The third-order valence-electron chi connectivity index (χ3n) is 2.62. The lowest BCUT2D eigenvalue weighted by atomic mass is 10.1. The Hall–Kier alpha value is -1.52. The number of hydrogen-bond acceptors (Lipinski definition) is 2. The Morgan fingerprint density at radius 2 is 2.00 bits per heavy atom. The van der Waals surface area contributed by atoms with Gasteiger partial charge in [-0.25, -0.2) is 4.79 Å². The summed E-state index contributed by atoms with van der Waals surface area (Å²) < 4.78 is 3.00. The van der Waals surface area contributed by atoms with Crippen molar-refractivity contribution in [3.8, 4) is 0 Å². The molecule has 0 unspecified atom stereocenters. The molecule has 0 aromatic carbocycles. The normalized spacial score (nSPS) is 10.8. The Kier molecular flexibility index (Phi) is 5.00. The van der Waals surface area contributed by atoms with E-state index in [0.29, 0.717) is 19.0 Å². The second kappa shape index (κ2) is 6.27. The number of carbonyl (C=O) groups excluding carboxylic acids is 1. The lowest BCUT2D eigenvalue weighted by molar-refractivity contribution is -0.121. The monoisotopic (exact) mass is 239 g/mol. The molecular weight excluding hydrogens is 218 g/mol. The molecule has 1 N–H and O–H groups in total. The summed E-state index contributed by atoms with van der Waals surface area (Å²) in [5.41, 5.74) is -0.133. The molecule has 5 nitrogen and oxygen atoms in total. The van der Waals surface area contributed by atoms with Crippen LogP contribution in [0.2, 0.25) is 0 Å². The average Bonchev–Trinajstić information content (AvgIpc) is 2.59. The SMILES string of the molecule is CCn1ccn(CC(=O)NCCC(C)C)c1=O. The number of amides is 1. The van der Waals surface area contributed by atoms with Crippen LogP contribution in [0.25, 0.3) is 0 Å². The van der Waals surface area contributed by atoms with Crippen LogP contribution in [0.4, 0.5) is 0 Å². The van der Waals surface area contributed by atoms with Gasteiger partial charge >= 0.3 is 5.69 Å². The Morgan fingerprint density at radius 1 is 1.35 bits per heavy atom. The predicted octanol–water partition coefficient (Wildman–Crippen LogP) is 0.832. The molecule has 0 radical (unpaired) electrons. The molecule has 96 valence electrons. The highest BCUT2D eigenvalue weighted by Gasteiger charge is 2.06. The zero-order valence-corrected chi connectivity index (χ0v) is 10.8. The zero-order chi connectivity index (χ0) is 12.8. The van der Waals surface area contributed by atoms with E-state index in [-0.39, 0.29) is 18.1 Å². The van der Waals surface area contributed by atoms with Gasteiger partial charge in [-0.3, -0.25) is 13.9 Å². The van der Waals surface area contributed by atoms with E-state index < -0.39 is 0 Å². The quantitative estimate of drug-likeness (QED) is 0.799. The molecule has 5 heteroatoms. The van der Waals surface area contributed by atoms with Crippen LogP contribution in [0.5, 0.6) is 0 Å². The van der Waals surface area contributed by atoms with Crippen LogP contribution in [0.1, 0.15) is 27.2 Å². The van der Waals surface area contributed by atoms with Gasteiger partial charge < -0.3 is 5.32 Å². The first-order valence-electron chi connectivity index (χ1n) is 6.06. The topological polar surface area (TPSA) is 56.0 Å². The number of imidazole rings is 1. The van der Waals surface area contributed by atoms with E-state index in [1.807, 2.05) is 6.92 Å². The van der Waals surface area contributed by atoms with Crippen LogP contribution in [-0.4, -0.2) is 21.6 Å². The minimum absolute atomic E-state index is 0.101. The molecule has 0 bridgehead atoms. The minimum atomic E-state index is -0.133. The van der Waals surface area contributed by atoms with E-state index in [4.69, 9.17) is 0 Å². The van der Waals surface area contributed by atoms with E-state index in [9.17, 15) is 9.59 Å². The smallest absolute Gasteiger partial charge is 0.328 e. The fourth-order valence-electron chi connectivity index (χ4n) is 1.53. The van der Waals surface area contributed by atoms with Crippen molar-refractivity contribution in [2.75, 3.05) is 6.54 Å². The van der Waals surface area contributed by atoms with Crippen LogP contribution in [0, 0.1) is 5.92 Å². The number of rotatable bonds is 6. The van der Waals surface area contributed by atoms with Crippen molar-refractivity contribution >= 4 is 5.91 Å². The van der Waals surface area contributed by atoms with Gasteiger partial charge in [-0.1, -0.05) is 13.8 Å². The van der Waals surface area contributed by atoms with Gasteiger partial charge in [0.2, 0.25) is 5.91 Å². The van der Waals surface area contributed by atoms with Crippen LogP contribution in [0.15, 0.2) is 17.2 Å². The van der Waals surface area contributed by atoms with Gasteiger partial charge in [0, 0.05) is 25.5 Å². The van der Waals surface area contributed by atoms with Crippen LogP contribution < -0.4 is 11.0 Å². The molecule has 0 aliphatic rings. The van der Waals surface area contributed by atoms with Crippen molar-refractivity contribution < 1.29 is 4.79 Å².